The van der Waals surface area contributed by atoms with Crippen LogP contribution in [0, 0.1) is 0 Å². The third-order valence-electron chi connectivity index (χ3n) is 3.37. The third-order valence-corrected chi connectivity index (χ3v) is 5.02. The number of ether oxygens (including phenoxy) is 1. The van der Waals surface area contributed by atoms with Gasteiger partial charge in [0, 0.05) is 15.8 Å². The summed E-state index contributed by atoms with van der Waals surface area (Å²) in [6, 6.07) is 5.43. The number of benzene rings is 1. The Morgan fingerprint density at radius 3 is 2.94 bits per heavy atom. The van der Waals surface area contributed by atoms with E-state index in [9.17, 15) is 5.11 Å². The lowest BCUT2D eigenvalue weighted by molar-refractivity contribution is 0.0232. The van der Waals surface area contributed by atoms with E-state index >= 15 is 0 Å². The number of thioether (sulfide) groups is 1. The number of halogens is 1. The maximum absolute atomic E-state index is 10.9. The molecule has 1 fully saturated rings. The molecule has 1 heterocycles. The number of methoxy groups -OCH3 is 1. The zero-order valence-corrected chi connectivity index (χ0v) is 11.6. The number of hydrogen-bond donors (Lipinski definition) is 1. The van der Waals surface area contributed by atoms with E-state index in [0.29, 0.717) is 10.8 Å². The molecule has 17 heavy (non-hydrogen) atoms. The molecule has 2 nitrogen and oxygen atoms in total. The number of hydrogen-bond acceptors (Lipinski definition) is 3. The van der Waals surface area contributed by atoms with Gasteiger partial charge in [0.05, 0.1) is 7.11 Å². The molecule has 0 radical (unpaired) electrons. The summed E-state index contributed by atoms with van der Waals surface area (Å²) in [7, 11) is 1.62. The monoisotopic (exact) mass is 272 g/mol. The molecule has 0 spiro atoms. The van der Waals surface area contributed by atoms with Crippen LogP contribution in [0.2, 0.25) is 5.02 Å². The van der Waals surface area contributed by atoms with Gasteiger partial charge in [0.2, 0.25) is 0 Å². The van der Waals surface area contributed by atoms with E-state index in [0.717, 1.165) is 24.2 Å². The normalized spacial score (nSPS) is 29.1. The Kier molecular flexibility index (Phi) is 3.91. The molecule has 1 aliphatic rings. The van der Waals surface area contributed by atoms with E-state index in [2.05, 4.69) is 6.92 Å². The predicted molar refractivity (Wildman–Crippen MR) is 73.1 cm³/mol. The second-order valence-electron chi connectivity index (χ2n) is 4.39. The summed E-state index contributed by atoms with van der Waals surface area (Å²) in [4.78, 5) is 0. The summed E-state index contributed by atoms with van der Waals surface area (Å²) in [5, 5.41) is 11.7. The van der Waals surface area contributed by atoms with Crippen molar-refractivity contribution in [2.45, 2.75) is 30.6 Å². The van der Waals surface area contributed by atoms with Crippen molar-refractivity contribution in [1.29, 1.82) is 0 Å². The minimum atomic E-state index is -0.834. The summed E-state index contributed by atoms with van der Waals surface area (Å²) in [6.45, 7) is 2.06. The molecule has 0 bridgehead atoms. The Bertz CT molecular complexity index is 410. The lowest BCUT2D eigenvalue weighted by atomic mass is 9.85. The van der Waals surface area contributed by atoms with Gasteiger partial charge in [-0.3, -0.25) is 0 Å². The van der Waals surface area contributed by atoms with E-state index in [1.807, 2.05) is 12.1 Å². The zero-order chi connectivity index (χ0) is 12.5. The molecule has 0 saturated carbocycles. The minimum absolute atomic E-state index is 0.156. The van der Waals surface area contributed by atoms with Crippen LogP contribution < -0.4 is 4.74 Å². The molecule has 0 amide bonds. The van der Waals surface area contributed by atoms with Crippen molar-refractivity contribution in [3.63, 3.8) is 0 Å². The molecule has 0 aromatic heterocycles. The van der Waals surface area contributed by atoms with Crippen LogP contribution in [0.25, 0.3) is 0 Å². The van der Waals surface area contributed by atoms with Gasteiger partial charge in [0.1, 0.15) is 11.4 Å². The summed E-state index contributed by atoms with van der Waals surface area (Å²) in [5.74, 6) is 1.82. The molecule has 0 aliphatic carbocycles. The van der Waals surface area contributed by atoms with Gasteiger partial charge in [-0.25, -0.2) is 0 Å². The van der Waals surface area contributed by atoms with E-state index in [-0.39, 0.29) is 5.25 Å². The quantitative estimate of drug-likeness (QED) is 0.894. The lowest BCUT2D eigenvalue weighted by Gasteiger charge is -2.38. The van der Waals surface area contributed by atoms with Crippen molar-refractivity contribution in [2.75, 3.05) is 12.9 Å². The highest BCUT2D eigenvalue weighted by Gasteiger charge is 2.40. The smallest absolute Gasteiger partial charge is 0.125 e. The molecule has 4 heteroatoms. The van der Waals surface area contributed by atoms with Crippen molar-refractivity contribution in [3.05, 3.63) is 28.8 Å². The van der Waals surface area contributed by atoms with Gasteiger partial charge in [-0.2, -0.15) is 11.8 Å². The highest BCUT2D eigenvalue weighted by atomic mass is 35.5. The van der Waals surface area contributed by atoms with Gasteiger partial charge in [-0.05, 0) is 36.8 Å². The Morgan fingerprint density at radius 2 is 2.29 bits per heavy atom. The van der Waals surface area contributed by atoms with E-state index < -0.39 is 5.60 Å². The maximum Gasteiger partial charge on any atom is 0.125 e. The first-order valence-electron chi connectivity index (χ1n) is 5.76. The highest BCUT2D eigenvalue weighted by Crippen LogP contribution is 2.45. The molecule has 2 unspecified atom stereocenters. The molecule has 2 rings (SSSR count). The van der Waals surface area contributed by atoms with Gasteiger partial charge in [-0.15, -0.1) is 0 Å². The van der Waals surface area contributed by atoms with Gasteiger partial charge >= 0.3 is 0 Å². The molecule has 1 aromatic carbocycles. The van der Waals surface area contributed by atoms with Crippen LogP contribution in [0.5, 0.6) is 5.75 Å². The van der Waals surface area contributed by atoms with Crippen molar-refractivity contribution >= 4 is 23.4 Å². The van der Waals surface area contributed by atoms with E-state index in [1.165, 1.54) is 0 Å². The molecular formula is C13H17ClO2S. The van der Waals surface area contributed by atoms with E-state index in [4.69, 9.17) is 16.3 Å². The van der Waals surface area contributed by atoms with Crippen LogP contribution in [-0.2, 0) is 5.60 Å². The second-order valence-corrected chi connectivity index (χ2v) is 6.27. The zero-order valence-electron chi connectivity index (χ0n) is 10.1. The first kappa shape index (κ1) is 13.1. The number of rotatable bonds is 2. The maximum atomic E-state index is 10.9. The van der Waals surface area contributed by atoms with Crippen LogP contribution in [-0.4, -0.2) is 23.2 Å². The lowest BCUT2D eigenvalue weighted by Crippen LogP contribution is -2.39. The van der Waals surface area contributed by atoms with Crippen LogP contribution >= 0.6 is 23.4 Å². The average Bonchev–Trinajstić information content (AvgIpc) is 2.33. The topological polar surface area (TPSA) is 29.5 Å². The van der Waals surface area contributed by atoms with E-state index in [1.54, 1.807) is 24.9 Å². The summed E-state index contributed by atoms with van der Waals surface area (Å²) < 4.78 is 5.34. The van der Waals surface area contributed by atoms with Crippen LogP contribution in [0.15, 0.2) is 18.2 Å². The first-order chi connectivity index (χ1) is 8.08. The van der Waals surface area contributed by atoms with Crippen LogP contribution in [0.4, 0.5) is 0 Å². The Labute approximate surface area is 111 Å². The molecule has 2 atom stereocenters. The standard InChI is InChI=1S/C13H17ClO2S/c1-9-13(15,6-3-7-17-9)11-8-10(14)4-5-12(11)16-2/h4-5,8-9,15H,3,6-7H2,1-2H3. The van der Waals surface area contributed by atoms with Crippen LogP contribution in [0.3, 0.4) is 0 Å². The fourth-order valence-electron chi connectivity index (χ4n) is 2.32. The fourth-order valence-corrected chi connectivity index (χ4v) is 3.67. The number of aliphatic hydroxyl groups is 1. The average molecular weight is 273 g/mol. The second kappa shape index (κ2) is 5.09. The molecule has 1 saturated heterocycles. The molecule has 1 N–H and O–H groups in total. The van der Waals surface area contributed by atoms with Crippen molar-refractivity contribution in [3.8, 4) is 5.75 Å². The SMILES string of the molecule is COc1ccc(Cl)cc1C1(O)CCCSC1C. The Morgan fingerprint density at radius 1 is 1.53 bits per heavy atom. The third kappa shape index (κ3) is 2.42. The van der Waals surface area contributed by atoms with Crippen LogP contribution in [0.1, 0.15) is 25.3 Å². The molecule has 94 valence electrons. The Balaban J connectivity index is 2.46. The van der Waals surface area contributed by atoms with Gasteiger partial charge < -0.3 is 9.84 Å². The molecule has 1 aliphatic heterocycles. The first-order valence-corrected chi connectivity index (χ1v) is 7.18. The van der Waals surface area contributed by atoms with Gasteiger partial charge in [-0.1, -0.05) is 18.5 Å². The van der Waals surface area contributed by atoms with Crippen molar-refractivity contribution in [2.24, 2.45) is 0 Å². The minimum Gasteiger partial charge on any atom is -0.496 e. The van der Waals surface area contributed by atoms with Gasteiger partial charge in [0.25, 0.3) is 0 Å². The highest BCUT2D eigenvalue weighted by molar-refractivity contribution is 8.00. The molecule has 1 aromatic rings. The van der Waals surface area contributed by atoms with Crippen molar-refractivity contribution < 1.29 is 9.84 Å². The Hall–Kier alpha value is -0.380. The van der Waals surface area contributed by atoms with Gasteiger partial charge in [0.15, 0.2) is 0 Å². The van der Waals surface area contributed by atoms with Crippen molar-refractivity contribution in [1.82, 2.24) is 0 Å². The molecular weight excluding hydrogens is 256 g/mol. The predicted octanol–water partition coefficient (Wildman–Crippen LogP) is 3.45. The summed E-state index contributed by atoms with van der Waals surface area (Å²) in [6.07, 6.45) is 1.78. The fraction of sp³-hybridized carbons (Fsp3) is 0.538. The largest absolute Gasteiger partial charge is 0.496 e. The summed E-state index contributed by atoms with van der Waals surface area (Å²) >= 11 is 7.83. The summed E-state index contributed by atoms with van der Waals surface area (Å²) in [5.41, 5.74) is -0.0219.